The summed E-state index contributed by atoms with van der Waals surface area (Å²) in [5.41, 5.74) is 0.713. The highest BCUT2D eigenvalue weighted by Crippen LogP contribution is 2.29. The van der Waals surface area contributed by atoms with E-state index in [1.807, 2.05) is 38.1 Å². The summed E-state index contributed by atoms with van der Waals surface area (Å²) in [6.45, 7) is 4.53. The van der Waals surface area contributed by atoms with Crippen molar-refractivity contribution >= 4 is 23.6 Å². The van der Waals surface area contributed by atoms with E-state index in [0.717, 1.165) is 5.56 Å². The van der Waals surface area contributed by atoms with Crippen molar-refractivity contribution in [1.82, 2.24) is 10.6 Å². The van der Waals surface area contributed by atoms with Crippen LogP contribution in [0.5, 0.6) is 0 Å². The van der Waals surface area contributed by atoms with Crippen LogP contribution in [0.25, 0.3) is 0 Å². The molecule has 24 heavy (non-hydrogen) atoms. The first-order chi connectivity index (χ1) is 11.3. The summed E-state index contributed by atoms with van der Waals surface area (Å²) in [6.07, 6.45) is 2.65. The van der Waals surface area contributed by atoms with Gasteiger partial charge in [-0.15, -0.1) is 0 Å². The molecule has 0 spiro atoms. The molecular formula is C18H25ClN2O3. The van der Waals surface area contributed by atoms with Crippen LogP contribution < -0.4 is 10.6 Å². The van der Waals surface area contributed by atoms with Gasteiger partial charge in [-0.05, 0) is 37.3 Å². The number of carboxylic acid groups (broad SMARTS) is 1. The van der Waals surface area contributed by atoms with Gasteiger partial charge in [0.15, 0.2) is 0 Å². The van der Waals surface area contributed by atoms with E-state index < -0.39 is 5.97 Å². The second-order valence-corrected chi connectivity index (χ2v) is 7.48. The molecule has 0 heterocycles. The molecular weight excluding hydrogens is 328 g/mol. The van der Waals surface area contributed by atoms with E-state index in [1.54, 1.807) is 0 Å². The second-order valence-electron chi connectivity index (χ2n) is 7.08. The first kappa shape index (κ1) is 18.6. The van der Waals surface area contributed by atoms with E-state index in [2.05, 4.69) is 10.6 Å². The highest BCUT2D eigenvalue weighted by molar-refractivity contribution is 6.31. The lowest BCUT2D eigenvalue weighted by Gasteiger charge is -2.29. The Bertz CT molecular complexity index is 596. The number of nitrogens with one attached hydrogen (secondary N) is 2. The van der Waals surface area contributed by atoms with Crippen LogP contribution in [0.3, 0.4) is 0 Å². The van der Waals surface area contributed by atoms with Gasteiger partial charge >= 0.3 is 12.0 Å². The van der Waals surface area contributed by atoms with E-state index >= 15 is 0 Å². The average Bonchev–Trinajstić information content (AvgIpc) is 2.54. The van der Waals surface area contributed by atoms with Crippen LogP contribution in [-0.4, -0.2) is 29.7 Å². The van der Waals surface area contributed by atoms with Crippen LogP contribution in [0.4, 0.5) is 4.79 Å². The van der Waals surface area contributed by atoms with Gasteiger partial charge in [0, 0.05) is 23.0 Å². The zero-order valence-corrected chi connectivity index (χ0v) is 14.9. The van der Waals surface area contributed by atoms with Gasteiger partial charge in [-0.2, -0.15) is 0 Å². The molecule has 3 N–H and O–H groups in total. The third kappa shape index (κ3) is 4.87. The summed E-state index contributed by atoms with van der Waals surface area (Å²) in [6, 6.07) is 7.46. The molecule has 1 saturated carbocycles. The van der Waals surface area contributed by atoms with Crippen molar-refractivity contribution < 1.29 is 14.7 Å². The topological polar surface area (TPSA) is 78.4 Å². The number of hydrogen-bond acceptors (Lipinski definition) is 2. The molecule has 0 saturated heterocycles. The van der Waals surface area contributed by atoms with Crippen molar-refractivity contribution in [3.05, 3.63) is 34.9 Å². The molecule has 0 radical (unpaired) electrons. The Labute approximate surface area is 147 Å². The Balaban J connectivity index is 1.81. The molecule has 0 unspecified atom stereocenters. The van der Waals surface area contributed by atoms with Gasteiger partial charge in [0.1, 0.15) is 0 Å². The predicted molar refractivity (Wildman–Crippen MR) is 94.4 cm³/mol. The maximum absolute atomic E-state index is 12.1. The molecule has 1 fully saturated rings. The summed E-state index contributed by atoms with van der Waals surface area (Å²) in [7, 11) is 0. The number of aliphatic carboxylic acids is 1. The molecule has 1 aromatic rings. The lowest BCUT2D eigenvalue weighted by atomic mass is 9.84. The van der Waals surface area contributed by atoms with E-state index in [9.17, 15) is 9.59 Å². The fourth-order valence-electron chi connectivity index (χ4n) is 3.13. The zero-order chi connectivity index (χ0) is 17.7. The number of urea groups is 1. The fourth-order valence-corrected chi connectivity index (χ4v) is 3.52. The fraction of sp³-hybridized carbons (Fsp3) is 0.556. The molecule has 6 heteroatoms. The van der Waals surface area contributed by atoms with E-state index in [1.165, 1.54) is 0 Å². The first-order valence-electron chi connectivity index (χ1n) is 8.32. The van der Waals surface area contributed by atoms with Crippen molar-refractivity contribution in [2.75, 3.05) is 6.54 Å². The lowest BCUT2D eigenvalue weighted by molar-refractivity contribution is -0.142. The minimum atomic E-state index is -0.737. The molecule has 5 nitrogen and oxygen atoms in total. The minimum absolute atomic E-state index is 0.0454. The highest BCUT2D eigenvalue weighted by atomic mass is 35.5. The molecule has 1 aliphatic rings. The molecule has 2 amide bonds. The van der Waals surface area contributed by atoms with Gasteiger partial charge in [-0.1, -0.05) is 43.6 Å². The summed E-state index contributed by atoms with van der Waals surface area (Å²) in [4.78, 5) is 23.1. The Kier molecular flexibility index (Phi) is 6.10. The molecule has 0 aromatic heterocycles. The summed E-state index contributed by atoms with van der Waals surface area (Å²) in [5, 5.41) is 15.5. The van der Waals surface area contributed by atoms with Crippen molar-refractivity contribution in [3.63, 3.8) is 0 Å². The molecule has 2 rings (SSSR count). The molecule has 1 aliphatic carbocycles. The van der Waals surface area contributed by atoms with Crippen LogP contribution in [0.1, 0.15) is 45.1 Å². The van der Waals surface area contributed by atoms with Crippen LogP contribution in [0.2, 0.25) is 5.02 Å². The normalized spacial score (nSPS) is 21.1. The number of carbonyl (C=O) groups is 2. The minimum Gasteiger partial charge on any atom is -0.481 e. The number of hydrogen-bond donors (Lipinski definition) is 3. The van der Waals surface area contributed by atoms with Crippen molar-refractivity contribution in [1.29, 1.82) is 0 Å². The summed E-state index contributed by atoms with van der Waals surface area (Å²) >= 11 is 6.24. The zero-order valence-electron chi connectivity index (χ0n) is 14.1. The largest absolute Gasteiger partial charge is 0.481 e. The van der Waals surface area contributed by atoms with Gasteiger partial charge in [0.25, 0.3) is 0 Å². The average molecular weight is 353 g/mol. The van der Waals surface area contributed by atoms with Crippen LogP contribution in [0, 0.1) is 5.92 Å². The summed E-state index contributed by atoms with van der Waals surface area (Å²) < 4.78 is 0. The number of carboxylic acids is 1. The molecule has 132 valence electrons. The number of benzene rings is 1. The van der Waals surface area contributed by atoms with E-state index in [4.69, 9.17) is 16.7 Å². The Morgan fingerprint density at radius 2 is 1.83 bits per heavy atom. The van der Waals surface area contributed by atoms with E-state index in [-0.39, 0.29) is 23.4 Å². The third-order valence-electron chi connectivity index (χ3n) is 4.71. The van der Waals surface area contributed by atoms with Gasteiger partial charge in [-0.3, -0.25) is 4.79 Å². The first-order valence-corrected chi connectivity index (χ1v) is 8.69. The predicted octanol–water partition coefficient (Wildman–Crippen LogP) is 3.56. The van der Waals surface area contributed by atoms with Crippen molar-refractivity contribution in [2.45, 2.75) is 51.0 Å². The number of carbonyl (C=O) groups excluding carboxylic acids is 1. The quantitative estimate of drug-likeness (QED) is 0.758. The molecule has 0 aliphatic heterocycles. The third-order valence-corrected chi connectivity index (χ3v) is 5.04. The SMILES string of the molecule is CC(C)(CNC(=O)NC1CCC(C(=O)O)CC1)c1ccccc1Cl. The standard InChI is InChI=1S/C18H25ClN2O3/c1-18(2,14-5-3-4-6-15(14)19)11-20-17(24)21-13-9-7-12(8-10-13)16(22)23/h3-6,12-13H,7-11H2,1-2H3,(H,22,23)(H2,20,21,24). The lowest BCUT2D eigenvalue weighted by Crippen LogP contribution is -2.47. The van der Waals surface area contributed by atoms with Crippen molar-refractivity contribution in [2.24, 2.45) is 5.92 Å². The van der Waals surface area contributed by atoms with Crippen LogP contribution >= 0.6 is 11.6 Å². The smallest absolute Gasteiger partial charge is 0.315 e. The highest BCUT2D eigenvalue weighted by Gasteiger charge is 2.28. The van der Waals surface area contributed by atoms with Crippen LogP contribution in [0.15, 0.2) is 24.3 Å². The Morgan fingerprint density at radius 1 is 1.21 bits per heavy atom. The summed E-state index contributed by atoms with van der Waals surface area (Å²) in [5.74, 6) is -1.01. The van der Waals surface area contributed by atoms with Gasteiger partial charge in [0.05, 0.1) is 5.92 Å². The molecule has 0 atom stereocenters. The second kappa shape index (κ2) is 7.88. The number of halogens is 1. The Hall–Kier alpha value is -1.75. The van der Waals surface area contributed by atoms with E-state index in [0.29, 0.717) is 37.3 Å². The van der Waals surface area contributed by atoms with Gasteiger partial charge in [-0.25, -0.2) is 4.79 Å². The van der Waals surface area contributed by atoms with Crippen molar-refractivity contribution in [3.8, 4) is 0 Å². The maximum Gasteiger partial charge on any atom is 0.315 e. The number of amides is 2. The Morgan fingerprint density at radius 3 is 2.42 bits per heavy atom. The number of rotatable bonds is 5. The molecule has 0 bridgehead atoms. The monoisotopic (exact) mass is 352 g/mol. The maximum atomic E-state index is 12.1. The van der Waals surface area contributed by atoms with Crippen LogP contribution in [-0.2, 0) is 10.2 Å². The van der Waals surface area contributed by atoms with Gasteiger partial charge in [0.2, 0.25) is 0 Å². The van der Waals surface area contributed by atoms with Gasteiger partial charge < -0.3 is 15.7 Å². The molecule has 1 aromatic carbocycles.